The highest BCUT2D eigenvalue weighted by atomic mass is 35.5. The molecule has 0 atom stereocenters. The Morgan fingerprint density at radius 1 is 1.26 bits per heavy atom. The molecule has 1 heterocycles. The van der Waals surface area contributed by atoms with Crippen molar-refractivity contribution in [2.75, 3.05) is 0 Å². The summed E-state index contributed by atoms with van der Waals surface area (Å²) < 4.78 is 4.46. The molecule has 0 unspecified atom stereocenters. The summed E-state index contributed by atoms with van der Waals surface area (Å²) in [5.74, 6) is -0.431. The van der Waals surface area contributed by atoms with Crippen LogP contribution in [-0.4, -0.2) is 17.3 Å². The quantitative estimate of drug-likeness (QED) is 0.446. The van der Waals surface area contributed by atoms with E-state index in [0.717, 1.165) is 0 Å². The minimum atomic E-state index is -0.431. The van der Waals surface area contributed by atoms with Crippen LogP contribution in [-0.2, 0) is 0 Å². The zero-order valence-corrected chi connectivity index (χ0v) is 12.9. The van der Waals surface area contributed by atoms with Gasteiger partial charge in [-0.1, -0.05) is 23.2 Å². The van der Waals surface area contributed by atoms with Crippen molar-refractivity contribution in [3.8, 4) is 0 Å². The first-order chi connectivity index (χ1) is 11.0. The highest BCUT2D eigenvalue weighted by molar-refractivity contribution is 6.42. The maximum atomic E-state index is 11.9. The maximum absolute atomic E-state index is 11.9. The van der Waals surface area contributed by atoms with Crippen molar-refractivity contribution in [3.63, 3.8) is 0 Å². The zero-order chi connectivity index (χ0) is 16.4. The van der Waals surface area contributed by atoms with Gasteiger partial charge < -0.3 is 5.21 Å². The average molecular weight is 351 g/mol. The predicted octanol–water partition coefficient (Wildman–Crippen LogP) is 2.53. The van der Waals surface area contributed by atoms with Gasteiger partial charge in [0.15, 0.2) is 0 Å². The molecule has 0 saturated heterocycles. The highest BCUT2D eigenvalue weighted by Crippen LogP contribution is 2.22. The summed E-state index contributed by atoms with van der Waals surface area (Å²) in [5.41, 5.74) is 4.03. The molecule has 0 radical (unpaired) electrons. The van der Waals surface area contributed by atoms with Crippen molar-refractivity contribution in [1.29, 1.82) is 0 Å². The van der Waals surface area contributed by atoms with Crippen LogP contribution in [0.3, 0.4) is 0 Å². The smallest absolute Gasteiger partial charge is 0.271 e. The van der Waals surface area contributed by atoms with E-state index < -0.39 is 5.91 Å². The summed E-state index contributed by atoms with van der Waals surface area (Å²) in [4.78, 5) is 12.2. The zero-order valence-electron chi connectivity index (χ0n) is 11.4. The van der Waals surface area contributed by atoms with E-state index in [1.54, 1.807) is 18.2 Å². The minimum absolute atomic E-state index is 0.283. The molecule has 0 fully saturated rings. The van der Waals surface area contributed by atoms with Gasteiger partial charge in [0.1, 0.15) is 0 Å². The highest BCUT2D eigenvalue weighted by Gasteiger charge is 2.09. The molecule has 0 aliphatic rings. The molecule has 1 amide bonds. The fourth-order valence-corrected chi connectivity index (χ4v) is 2.14. The van der Waals surface area contributed by atoms with Crippen LogP contribution in [0.15, 0.2) is 46.1 Å². The standard InChI is InChI=1S/C14H8Cl2N4O3/c15-10-3-2-9(6-11(10)16)14(21)18-17-7-8-1-4-13-12(5-8)19-23-20(13)22/h1-7H,(H,18,21)/b17-7+. The van der Waals surface area contributed by atoms with E-state index in [1.165, 1.54) is 24.4 Å². The predicted molar refractivity (Wildman–Crippen MR) is 84.5 cm³/mol. The summed E-state index contributed by atoms with van der Waals surface area (Å²) in [6.45, 7) is 0. The molecule has 0 aliphatic heterocycles. The lowest BCUT2D eigenvalue weighted by atomic mass is 10.2. The Morgan fingerprint density at radius 2 is 2.09 bits per heavy atom. The molecule has 3 aromatic rings. The molecular formula is C14H8Cl2N4O3. The fraction of sp³-hybridized carbons (Fsp3) is 0. The van der Waals surface area contributed by atoms with Gasteiger partial charge >= 0.3 is 0 Å². The number of rotatable bonds is 3. The second-order valence-corrected chi connectivity index (χ2v) is 5.32. The number of fused-ring (bicyclic) bond motifs is 1. The van der Waals surface area contributed by atoms with Gasteiger partial charge in [-0.2, -0.15) is 5.10 Å². The largest absolute Gasteiger partial charge is 0.359 e. The number of halogens is 2. The number of hydrogen-bond donors (Lipinski definition) is 1. The Hall–Kier alpha value is -2.64. The molecule has 1 N–H and O–H groups in total. The summed E-state index contributed by atoms with van der Waals surface area (Å²) >= 11 is 11.6. The minimum Gasteiger partial charge on any atom is -0.359 e. The van der Waals surface area contributed by atoms with Gasteiger partial charge in [-0.05, 0) is 40.8 Å². The summed E-state index contributed by atoms with van der Waals surface area (Å²) in [7, 11) is 0. The Morgan fingerprint density at radius 3 is 2.87 bits per heavy atom. The second-order valence-electron chi connectivity index (χ2n) is 4.51. The molecular weight excluding hydrogens is 343 g/mol. The number of aromatic nitrogens is 2. The molecule has 0 saturated carbocycles. The Bertz CT molecular complexity index is 924. The van der Waals surface area contributed by atoms with Gasteiger partial charge in [-0.3, -0.25) is 9.42 Å². The van der Waals surface area contributed by atoms with Crippen LogP contribution in [0, 0.1) is 5.21 Å². The number of nitrogens with one attached hydrogen (secondary N) is 1. The Kier molecular flexibility index (Phi) is 4.14. The lowest BCUT2D eigenvalue weighted by Crippen LogP contribution is -2.22. The number of benzene rings is 2. The monoisotopic (exact) mass is 350 g/mol. The number of nitrogens with zero attached hydrogens (tertiary/aromatic N) is 3. The topological polar surface area (TPSA) is 94.4 Å². The molecule has 2 aromatic carbocycles. The van der Waals surface area contributed by atoms with Crippen LogP contribution in [0.4, 0.5) is 0 Å². The molecule has 9 heteroatoms. The normalized spacial score (nSPS) is 11.2. The van der Waals surface area contributed by atoms with Gasteiger partial charge in [0.05, 0.1) is 16.3 Å². The van der Waals surface area contributed by atoms with Crippen LogP contribution < -0.4 is 10.3 Å². The first-order valence-electron chi connectivity index (χ1n) is 6.32. The van der Waals surface area contributed by atoms with E-state index >= 15 is 0 Å². The van der Waals surface area contributed by atoms with E-state index in [0.29, 0.717) is 32.1 Å². The number of amides is 1. The van der Waals surface area contributed by atoms with Crippen LogP contribution in [0.25, 0.3) is 11.0 Å². The van der Waals surface area contributed by atoms with Crippen molar-refractivity contribution in [3.05, 3.63) is 62.8 Å². The number of hydrazone groups is 1. The third-order valence-corrected chi connectivity index (χ3v) is 3.71. The number of hydrogen-bond acceptors (Lipinski definition) is 5. The lowest BCUT2D eigenvalue weighted by molar-refractivity contribution is -0.782. The summed E-state index contributed by atoms with van der Waals surface area (Å²) in [6.07, 6.45) is 1.42. The molecule has 0 aliphatic carbocycles. The molecule has 116 valence electrons. The van der Waals surface area contributed by atoms with Crippen LogP contribution in [0.1, 0.15) is 15.9 Å². The molecule has 7 nitrogen and oxygen atoms in total. The number of carbonyl (C=O) groups is 1. The van der Waals surface area contributed by atoms with Crippen molar-refractivity contribution in [2.45, 2.75) is 0 Å². The fourth-order valence-electron chi connectivity index (χ4n) is 1.84. The molecule has 1 aromatic heterocycles. The van der Waals surface area contributed by atoms with Crippen molar-refractivity contribution < 1.29 is 14.3 Å². The van der Waals surface area contributed by atoms with Crippen LogP contribution >= 0.6 is 23.2 Å². The van der Waals surface area contributed by atoms with E-state index in [2.05, 4.69) is 20.3 Å². The van der Waals surface area contributed by atoms with Gasteiger partial charge in [0.25, 0.3) is 5.91 Å². The second kappa shape index (κ2) is 6.23. The summed E-state index contributed by atoms with van der Waals surface area (Å²) in [5, 5.41) is 19.3. The van der Waals surface area contributed by atoms with E-state index in [9.17, 15) is 10.0 Å². The maximum Gasteiger partial charge on any atom is 0.271 e. The summed E-state index contributed by atoms with van der Waals surface area (Å²) in [6, 6.07) is 9.29. The third-order valence-electron chi connectivity index (χ3n) is 2.97. The van der Waals surface area contributed by atoms with Gasteiger partial charge in [-0.15, -0.1) is 0 Å². The molecule has 23 heavy (non-hydrogen) atoms. The average Bonchev–Trinajstić information content (AvgIpc) is 2.91. The van der Waals surface area contributed by atoms with E-state index in [-0.39, 0.29) is 5.02 Å². The van der Waals surface area contributed by atoms with Crippen LogP contribution in [0.5, 0.6) is 0 Å². The first kappa shape index (κ1) is 15.3. The third kappa shape index (κ3) is 3.25. The van der Waals surface area contributed by atoms with Gasteiger partial charge in [0, 0.05) is 16.8 Å². The lowest BCUT2D eigenvalue weighted by Gasteiger charge is -2.01. The van der Waals surface area contributed by atoms with Crippen molar-refractivity contribution >= 4 is 46.4 Å². The van der Waals surface area contributed by atoms with Crippen molar-refractivity contribution in [1.82, 2.24) is 10.6 Å². The Labute approximate surface area is 139 Å². The number of carbonyl (C=O) groups excluding carboxylic acids is 1. The van der Waals surface area contributed by atoms with E-state index in [1.807, 2.05) is 0 Å². The molecule has 3 rings (SSSR count). The molecule has 0 spiro atoms. The SMILES string of the molecule is O=C(N/N=C/c1ccc2c(c1)no[n+]2[O-])c1ccc(Cl)c(Cl)c1. The first-order valence-corrected chi connectivity index (χ1v) is 7.08. The van der Waals surface area contributed by atoms with Crippen LogP contribution in [0.2, 0.25) is 10.0 Å². The molecule has 0 bridgehead atoms. The Balaban J connectivity index is 1.71. The van der Waals surface area contributed by atoms with E-state index in [4.69, 9.17) is 23.2 Å². The van der Waals surface area contributed by atoms with Crippen molar-refractivity contribution in [2.24, 2.45) is 5.10 Å². The van der Waals surface area contributed by atoms with Gasteiger partial charge in [0.2, 0.25) is 11.0 Å². The van der Waals surface area contributed by atoms with Gasteiger partial charge in [-0.25, -0.2) is 5.43 Å².